The molecule has 1 rings (SSSR count). The first-order valence-corrected chi connectivity index (χ1v) is 6.52. The van der Waals surface area contributed by atoms with E-state index in [1.54, 1.807) is 26.0 Å². The molecule has 0 spiro atoms. The summed E-state index contributed by atoms with van der Waals surface area (Å²) in [6.45, 7) is 4.89. The smallest absolute Gasteiger partial charge is 0.170 e. The predicted molar refractivity (Wildman–Crippen MR) is 75.1 cm³/mol. The van der Waals surface area contributed by atoms with E-state index in [0.29, 0.717) is 17.5 Å². The van der Waals surface area contributed by atoms with Crippen LogP contribution in [0, 0.1) is 6.92 Å². The van der Waals surface area contributed by atoms with Gasteiger partial charge in [-0.2, -0.15) is 0 Å². The Bertz CT molecular complexity index is 570. The molecule has 106 valence electrons. The third-order valence-electron chi connectivity index (χ3n) is 2.95. The second-order valence-electron chi connectivity index (χ2n) is 4.85. The van der Waals surface area contributed by atoms with Crippen molar-refractivity contribution >= 4 is 23.1 Å². The molecule has 1 aromatic carbocycles. The molecule has 0 atom stereocenters. The molecule has 0 fully saturated rings. The van der Waals surface area contributed by atoms with Gasteiger partial charge in [0, 0.05) is 17.5 Å². The van der Waals surface area contributed by atoms with Crippen molar-refractivity contribution in [2.45, 2.75) is 40.0 Å². The number of carbonyl (C=O) groups is 4. The van der Waals surface area contributed by atoms with Gasteiger partial charge in [0.2, 0.25) is 0 Å². The molecule has 0 aliphatic heterocycles. The van der Waals surface area contributed by atoms with E-state index >= 15 is 0 Å². The Morgan fingerprint density at radius 2 is 1.50 bits per heavy atom. The van der Waals surface area contributed by atoms with Crippen molar-refractivity contribution in [2.75, 3.05) is 0 Å². The third-order valence-corrected chi connectivity index (χ3v) is 2.95. The van der Waals surface area contributed by atoms with Crippen LogP contribution in [0.15, 0.2) is 18.2 Å². The van der Waals surface area contributed by atoms with Gasteiger partial charge in [0.15, 0.2) is 11.6 Å². The second-order valence-corrected chi connectivity index (χ2v) is 4.85. The summed E-state index contributed by atoms with van der Waals surface area (Å²) in [5, 5.41) is 0. The number of Topliss-reactive ketones (excluding diaryl/α,β-unsaturated/α-hetero) is 4. The van der Waals surface area contributed by atoms with Crippen LogP contribution >= 0.6 is 0 Å². The van der Waals surface area contributed by atoms with E-state index in [4.69, 9.17) is 0 Å². The number of hydrogen-bond donors (Lipinski definition) is 0. The summed E-state index contributed by atoms with van der Waals surface area (Å²) < 4.78 is 0. The summed E-state index contributed by atoms with van der Waals surface area (Å²) in [4.78, 5) is 46.1. The van der Waals surface area contributed by atoms with Crippen LogP contribution < -0.4 is 0 Å². The summed E-state index contributed by atoms with van der Waals surface area (Å²) in [6.07, 6.45) is -0.209. The molecule has 0 radical (unpaired) electrons. The zero-order valence-corrected chi connectivity index (χ0v) is 12.0. The van der Waals surface area contributed by atoms with Crippen molar-refractivity contribution in [3.05, 3.63) is 34.9 Å². The van der Waals surface area contributed by atoms with E-state index < -0.39 is 0 Å². The topological polar surface area (TPSA) is 68.3 Å². The first-order valence-electron chi connectivity index (χ1n) is 6.52. The van der Waals surface area contributed by atoms with Crippen molar-refractivity contribution in [1.82, 2.24) is 0 Å². The molecule has 0 N–H and O–H groups in total. The van der Waals surface area contributed by atoms with Crippen LogP contribution in [0.1, 0.15) is 59.4 Å². The van der Waals surface area contributed by atoms with Crippen molar-refractivity contribution in [1.29, 1.82) is 0 Å². The van der Waals surface area contributed by atoms with Gasteiger partial charge in [-0.15, -0.1) is 0 Å². The minimum absolute atomic E-state index is 0.129. The van der Waals surface area contributed by atoms with E-state index in [0.717, 1.165) is 5.56 Å². The highest BCUT2D eigenvalue weighted by Crippen LogP contribution is 2.13. The highest BCUT2D eigenvalue weighted by Gasteiger charge is 2.15. The Morgan fingerprint density at radius 1 is 0.900 bits per heavy atom. The largest absolute Gasteiger partial charge is 0.299 e. The van der Waals surface area contributed by atoms with Crippen molar-refractivity contribution < 1.29 is 19.2 Å². The lowest BCUT2D eigenvalue weighted by Crippen LogP contribution is -2.13. The Morgan fingerprint density at radius 3 is 2.05 bits per heavy atom. The van der Waals surface area contributed by atoms with Crippen LogP contribution in [0.5, 0.6) is 0 Å². The Kier molecular flexibility index (Phi) is 5.50. The van der Waals surface area contributed by atoms with Gasteiger partial charge < -0.3 is 0 Å². The molecule has 0 aliphatic carbocycles. The normalized spacial score (nSPS) is 10.2. The molecule has 0 heterocycles. The average molecular weight is 274 g/mol. The van der Waals surface area contributed by atoms with Crippen LogP contribution in [0.25, 0.3) is 0 Å². The Hall–Kier alpha value is -2.10. The third kappa shape index (κ3) is 4.53. The van der Waals surface area contributed by atoms with Gasteiger partial charge in [0.25, 0.3) is 0 Å². The van der Waals surface area contributed by atoms with E-state index in [2.05, 4.69) is 0 Å². The fraction of sp³-hybridized carbons (Fsp3) is 0.375. The molecule has 4 heteroatoms. The van der Waals surface area contributed by atoms with E-state index in [1.807, 2.05) is 0 Å². The van der Waals surface area contributed by atoms with Crippen molar-refractivity contribution in [2.24, 2.45) is 0 Å². The van der Waals surface area contributed by atoms with Crippen LogP contribution in [-0.4, -0.2) is 23.1 Å². The van der Waals surface area contributed by atoms with Crippen LogP contribution in [0.2, 0.25) is 0 Å². The zero-order valence-electron chi connectivity index (χ0n) is 12.0. The Balaban J connectivity index is 2.85. The number of ketones is 4. The maximum atomic E-state index is 12.0. The lowest BCUT2D eigenvalue weighted by Gasteiger charge is -2.05. The van der Waals surface area contributed by atoms with Gasteiger partial charge in [0.05, 0.1) is 12.8 Å². The molecule has 0 aliphatic rings. The zero-order chi connectivity index (χ0) is 15.3. The minimum Gasteiger partial charge on any atom is -0.299 e. The molecular weight excluding hydrogens is 256 g/mol. The summed E-state index contributed by atoms with van der Waals surface area (Å²) in [6, 6.07) is 4.83. The molecule has 0 bridgehead atoms. The Labute approximate surface area is 118 Å². The fourth-order valence-corrected chi connectivity index (χ4v) is 1.84. The summed E-state index contributed by atoms with van der Waals surface area (Å²) in [5.74, 6) is -1.04. The minimum atomic E-state index is -0.382. The van der Waals surface area contributed by atoms with Crippen LogP contribution in [0.3, 0.4) is 0 Å². The van der Waals surface area contributed by atoms with E-state index in [1.165, 1.54) is 13.0 Å². The highest BCUT2D eigenvalue weighted by molar-refractivity contribution is 6.13. The maximum absolute atomic E-state index is 12.0. The number of hydrogen-bond acceptors (Lipinski definition) is 4. The number of rotatable bonds is 7. The molecule has 0 saturated heterocycles. The van der Waals surface area contributed by atoms with E-state index in [9.17, 15) is 19.2 Å². The molecule has 0 aromatic heterocycles. The average Bonchev–Trinajstić information content (AvgIpc) is 2.37. The molecule has 0 amide bonds. The van der Waals surface area contributed by atoms with Crippen LogP contribution in [-0.2, 0) is 9.59 Å². The molecule has 0 unspecified atom stereocenters. The lowest BCUT2D eigenvalue weighted by atomic mass is 9.98. The fourth-order valence-electron chi connectivity index (χ4n) is 1.84. The van der Waals surface area contributed by atoms with Gasteiger partial charge in [0.1, 0.15) is 11.6 Å². The standard InChI is InChI=1S/C16H18O4/c1-4-14(18)8-15(19)9-16(20)13-6-10(2)5-12(7-13)11(3)17/h5-7H,4,8-9H2,1-3H3. The number of carbonyl (C=O) groups excluding carboxylic acids is 4. The van der Waals surface area contributed by atoms with E-state index in [-0.39, 0.29) is 36.0 Å². The summed E-state index contributed by atoms with van der Waals surface area (Å²) >= 11 is 0. The SMILES string of the molecule is CCC(=O)CC(=O)CC(=O)c1cc(C)cc(C(C)=O)c1. The number of aryl methyl sites for hydroxylation is 1. The monoisotopic (exact) mass is 274 g/mol. The van der Waals surface area contributed by atoms with Gasteiger partial charge in [-0.1, -0.05) is 6.92 Å². The van der Waals surface area contributed by atoms with Gasteiger partial charge >= 0.3 is 0 Å². The summed E-state index contributed by atoms with van der Waals surface area (Å²) in [5.41, 5.74) is 1.58. The van der Waals surface area contributed by atoms with Gasteiger partial charge in [-0.05, 0) is 37.6 Å². The first kappa shape index (κ1) is 16.0. The molecule has 20 heavy (non-hydrogen) atoms. The molecule has 1 aromatic rings. The van der Waals surface area contributed by atoms with Gasteiger partial charge in [-0.3, -0.25) is 19.2 Å². The predicted octanol–water partition coefficient (Wildman–Crippen LogP) is 2.71. The van der Waals surface area contributed by atoms with Gasteiger partial charge in [-0.25, -0.2) is 0 Å². The highest BCUT2D eigenvalue weighted by atomic mass is 16.2. The van der Waals surface area contributed by atoms with Crippen molar-refractivity contribution in [3.63, 3.8) is 0 Å². The number of benzene rings is 1. The molecular formula is C16H18O4. The quantitative estimate of drug-likeness (QED) is 0.566. The van der Waals surface area contributed by atoms with Crippen LogP contribution in [0.4, 0.5) is 0 Å². The molecule has 0 saturated carbocycles. The second kappa shape index (κ2) is 6.89. The summed E-state index contributed by atoms with van der Waals surface area (Å²) in [7, 11) is 0. The van der Waals surface area contributed by atoms with Crippen molar-refractivity contribution in [3.8, 4) is 0 Å². The molecule has 4 nitrogen and oxygen atoms in total. The maximum Gasteiger partial charge on any atom is 0.170 e. The lowest BCUT2D eigenvalue weighted by molar-refractivity contribution is -0.126. The first-order chi connectivity index (χ1) is 9.33.